The number of Topliss-reactive ketones (excluding diaryl/α,β-unsaturated/α-hetero) is 1. The molecule has 1 atom stereocenters. The first kappa shape index (κ1) is 21.4. The molecule has 3 aromatic heterocycles. The molecule has 6 nitrogen and oxygen atoms in total. The molecule has 164 valence electrons. The molecule has 0 aliphatic carbocycles. The number of fused-ring (bicyclic) bond motifs is 1. The monoisotopic (exact) mass is 429 g/mol. The van der Waals surface area contributed by atoms with Crippen LogP contribution in [0.2, 0.25) is 0 Å². The minimum Gasteiger partial charge on any atom is -0.491 e. The minimum absolute atomic E-state index is 0.0122. The molecule has 4 rings (SSSR count). The van der Waals surface area contributed by atoms with Gasteiger partial charge in [-0.1, -0.05) is 6.07 Å². The fourth-order valence-electron chi connectivity index (χ4n) is 3.74. The van der Waals surface area contributed by atoms with Gasteiger partial charge in [0.25, 0.3) is 6.43 Å². The quantitative estimate of drug-likeness (QED) is 0.495. The zero-order valence-electron chi connectivity index (χ0n) is 17.6. The second kappa shape index (κ2) is 9.09. The van der Waals surface area contributed by atoms with E-state index in [1.165, 1.54) is 18.2 Å². The van der Waals surface area contributed by atoms with Gasteiger partial charge in [0, 0.05) is 43.7 Å². The average Bonchev–Trinajstić information content (AvgIpc) is 3.37. The summed E-state index contributed by atoms with van der Waals surface area (Å²) in [4.78, 5) is 21.3. The van der Waals surface area contributed by atoms with E-state index in [1.807, 2.05) is 36.7 Å². The van der Waals surface area contributed by atoms with Crippen LogP contribution >= 0.6 is 0 Å². The number of rotatable bonds is 8. The maximum atomic E-state index is 13.0. The molecule has 1 unspecified atom stereocenters. The van der Waals surface area contributed by atoms with E-state index in [0.29, 0.717) is 17.2 Å². The van der Waals surface area contributed by atoms with Gasteiger partial charge in [0.15, 0.2) is 5.78 Å². The van der Waals surface area contributed by atoms with Gasteiger partial charge in [-0.15, -0.1) is 0 Å². The maximum Gasteiger partial charge on any atom is 0.280 e. The lowest BCUT2D eigenvalue weighted by atomic mass is 10.0. The number of hydrogen-bond acceptors (Lipinski definition) is 5. The summed E-state index contributed by atoms with van der Waals surface area (Å²) in [7, 11) is 0. The predicted molar refractivity (Wildman–Crippen MR) is 111 cm³/mol. The normalized spacial score (nSPS) is 16.5. The van der Waals surface area contributed by atoms with Crippen molar-refractivity contribution >= 4 is 11.4 Å². The Kier molecular flexibility index (Phi) is 6.27. The highest BCUT2D eigenvalue weighted by Crippen LogP contribution is 2.26. The van der Waals surface area contributed by atoms with Crippen molar-refractivity contribution < 1.29 is 23.0 Å². The molecule has 0 radical (unpaired) electrons. The standard InChI is InChI=1S/C23H25F2N3O3/c1-14(2)31-21-10-22-26-17(8-15-6-7-30-13-15)12-28(22)11-16(21)9-20(29)18-4-3-5-19(27-18)23(24)25/h3-5,10-12,14-15,23H,6-9,13H2,1-2H3. The number of carbonyl (C=O) groups is 1. The molecule has 1 saturated heterocycles. The lowest BCUT2D eigenvalue weighted by Gasteiger charge is -2.14. The number of alkyl halides is 2. The molecule has 0 saturated carbocycles. The smallest absolute Gasteiger partial charge is 0.280 e. The van der Waals surface area contributed by atoms with Crippen LogP contribution in [0, 0.1) is 5.92 Å². The number of ketones is 1. The molecular formula is C23H25F2N3O3. The molecule has 0 N–H and O–H groups in total. The highest BCUT2D eigenvalue weighted by atomic mass is 19.3. The highest BCUT2D eigenvalue weighted by Gasteiger charge is 2.20. The van der Waals surface area contributed by atoms with Gasteiger partial charge in [0.2, 0.25) is 0 Å². The predicted octanol–water partition coefficient (Wildman–Crippen LogP) is 4.46. The maximum absolute atomic E-state index is 13.0. The van der Waals surface area contributed by atoms with Gasteiger partial charge in [-0.2, -0.15) is 0 Å². The number of imidazole rings is 1. The molecular weight excluding hydrogens is 404 g/mol. The van der Waals surface area contributed by atoms with E-state index in [0.717, 1.165) is 37.4 Å². The van der Waals surface area contributed by atoms with Crippen molar-refractivity contribution in [3.05, 3.63) is 59.3 Å². The summed E-state index contributed by atoms with van der Waals surface area (Å²) in [5.41, 5.74) is 1.96. The van der Waals surface area contributed by atoms with Crippen molar-refractivity contribution in [3.8, 4) is 5.75 Å². The van der Waals surface area contributed by atoms with Crippen LogP contribution in [0.25, 0.3) is 5.65 Å². The van der Waals surface area contributed by atoms with Gasteiger partial charge in [0.1, 0.15) is 22.8 Å². The molecule has 8 heteroatoms. The van der Waals surface area contributed by atoms with Gasteiger partial charge >= 0.3 is 0 Å². The summed E-state index contributed by atoms with van der Waals surface area (Å²) < 4.78 is 39.2. The molecule has 0 spiro atoms. The number of halogens is 2. The Morgan fingerprint density at radius 3 is 2.84 bits per heavy atom. The fourth-order valence-corrected chi connectivity index (χ4v) is 3.74. The number of pyridine rings is 2. The number of carbonyl (C=O) groups excluding carboxylic acids is 1. The van der Waals surface area contributed by atoms with E-state index in [1.54, 1.807) is 0 Å². The molecule has 0 bridgehead atoms. The summed E-state index contributed by atoms with van der Waals surface area (Å²) in [6.07, 6.45) is 2.81. The molecule has 3 aromatic rings. The molecule has 1 aliphatic rings. The van der Waals surface area contributed by atoms with E-state index in [4.69, 9.17) is 14.5 Å². The summed E-state index contributed by atoms with van der Waals surface area (Å²) in [5, 5.41) is 0. The lowest BCUT2D eigenvalue weighted by molar-refractivity contribution is 0.0984. The lowest BCUT2D eigenvalue weighted by Crippen LogP contribution is -2.12. The Morgan fingerprint density at radius 1 is 1.29 bits per heavy atom. The number of nitrogens with zero attached hydrogens (tertiary/aromatic N) is 3. The second-order valence-electron chi connectivity index (χ2n) is 8.11. The van der Waals surface area contributed by atoms with Crippen molar-refractivity contribution in [2.45, 2.75) is 45.6 Å². The van der Waals surface area contributed by atoms with Gasteiger partial charge in [-0.25, -0.2) is 18.7 Å². The summed E-state index contributed by atoms with van der Waals surface area (Å²) >= 11 is 0. The number of hydrogen-bond donors (Lipinski definition) is 0. The first-order valence-corrected chi connectivity index (χ1v) is 10.4. The van der Waals surface area contributed by atoms with Crippen molar-refractivity contribution in [2.24, 2.45) is 5.92 Å². The van der Waals surface area contributed by atoms with Crippen molar-refractivity contribution in [1.29, 1.82) is 0 Å². The Bertz CT molecular complexity index is 1080. The Hall–Kier alpha value is -2.87. The second-order valence-corrected chi connectivity index (χ2v) is 8.11. The summed E-state index contributed by atoms with van der Waals surface area (Å²) in [6.45, 7) is 5.35. The van der Waals surface area contributed by atoms with Crippen molar-refractivity contribution in [3.63, 3.8) is 0 Å². The number of ether oxygens (including phenoxy) is 2. The van der Waals surface area contributed by atoms with E-state index in [2.05, 4.69) is 4.98 Å². The van der Waals surface area contributed by atoms with Crippen LogP contribution in [-0.2, 0) is 17.6 Å². The third-order valence-corrected chi connectivity index (χ3v) is 5.20. The van der Waals surface area contributed by atoms with Crippen LogP contribution in [0.1, 0.15) is 54.1 Å². The van der Waals surface area contributed by atoms with E-state index in [9.17, 15) is 13.6 Å². The molecule has 1 aliphatic heterocycles. The van der Waals surface area contributed by atoms with Crippen LogP contribution in [0.3, 0.4) is 0 Å². The van der Waals surface area contributed by atoms with Gasteiger partial charge in [-0.3, -0.25) is 4.79 Å². The van der Waals surface area contributed by atoms with Gasteiger partial charge < -0.3 is 13.9 Å². The summed E-state index contributed by atoms with van der Waals surface area (Å²) in [6, 6.07) is 5.91. The van der Waals surface area contributed by atoms with Crippen LogP contribution in [0.5, 0.6) is 5.75 Å². The van der Waals surface area contributed by atoms with E-state index in [-0.39, 0.29) is 24.0 Å². The molecule has 0 aromatic carbocycles. The van der Waals surface area contributed by atoms with Crippen LogP contribution < -0.4 is 4.74 Å². The van der Waals surface area contributed by atoms with Crippen molar-refractivity contribution in [2.75, 3.05) is 13.2 Å². The average molecular weight is 429 g/mol. The first-order valence-electron chi connectivity index (χ1n) is 10.4. The molecule has 4 heterocycles. The molecule has 0 amide bonds. The Labute approximate surface area is 179 Å². The minimum atomic E-state index is -2.72. The highest BCUT2D eigenvalue weighted by molar-refractivity contribution is 5.96. The molecule has 1 fully saturated rings. The van der Waals surface area contributed by atoms with Crippen LogP contribution in [0.4, 0.5) is 8.78 Å². The van der Waals surface area contributed by atoms with Crippen molar-refractivity contribution in [1.82, 2.24) is 14.4 Å². The van der Waals surface area contributed by atoms with Crippen LogP contribution in [-0.4, -0.2) is 39.5 Å². The molecule has 31 heavy (non-hydrogen) atoms. The van der Waals surface area contributed by atoms with Gasteiger partial charge in [0.05, 0.1) is 11.8 Å². The van der Waals surface area contributed by atoms with Gasteiger partial charge in [-0.05, 0) is 44.7 Å². The SMILES string of the molecule is CC(C)Oc1cc2nc(CC3CCOC3)cn2cc1CC(=O)c1cccc(C(F)F)n1. The number of aromatic nitrogens is 3. The van der Waals surface area contributed by atoms with E-state index < -0.39 is 12.1 Å². The third kappa shape index (κ3) is 5.07. The topological polar surface area (TPSA) is 65.7 Å². The largest absolute Gasteiger partial charge is 0.491 e. The third-order valence-electron chi connectivity index (χ3n) is 5.20. The Balaban J connectivity index is 1.62. The van der Waals surface area contributed by atoms with E-state index >= 15 is 0 Å². The Morgan fingerprint density at radius 2 is 2.13 bits per heavy atom. The van der Waals surface area contributed by atoms with Crippen LogP contribution in [0.15, 0.2) is 36.7 Å². The first-order chi connectivity index (χ1) is 14.9. The summed E-state index contributed by atoms with van der Waals surface area (Å²) in [5.74, 6) is 0.673. The zero-order chi connectivity index (χ0) is 22.0. The zero-order valence-corrected chi connectivity index (χ0v) is 17.6. The fraction of sp³-hybridized carbons (Fsp3) is 0.435.